The van der Waals surface area contributed by atoms with Gasteiger partial charge in [0.15, 0.2) is 0 Å². The molecule has 0 fully saturated rings. The molecule has 0 unspecified atom stereocenters. The van der Waals surface area contributed by atoms with E-state index in [0.717, 1.165) is 0 Å². The first-order valence-electron chi connectivity index (χ1n) is 7.07. The van der Waals surface area contributed by atoms with Gasteiger partial charge < -0.3 is 15.4 Å². The number of hydrogen-bond donors (Lipinski definition) is 2. The van der Waals surface area contributed by atoms with Gasteiger partial charge in [-0.15, -0.1) is 0 Å². The number of amides is 2. The summed E-state index contributed by atoms with van der Waals surface area (Å²) >= 11 is 0. The van der Waals surface area contributed by atoms with E-state index in [1.807, 2.05) is 18.2 Å². The van der Waals surface area contributed by atoms with Crippen LogP contribution in [0.15, 0.2) is 67.0 Å². The molecule has 120 valence electrons. The van der Waals surface area contributed by atoms with Crippen molar-refractivity contribution in [2.24, 2.45) is 0 Å². The van der Waals surface area contributed by atoms with Gasteiger partial charge in [-0.2, -0.15) is 0 Å². The van der Waals surface area contributed by atoms with Crippen molar-refractivity contribution in [3.63, 3.8) is 0 Å². The van der Waals surface area contributed by atoms with Crippen molar-refractivity contribution >= 4 is 17.4 Å². The molecule has 0 aliphatic heterocycles. The second-order valence-electron chi connectivity index (χ2n) is 4.76. The molecule has 7 heteroatoms. The van der Waals surface area contributed by atoms with Crippen molar-refractivity contribution in [3.05, 3.63) is 72.8 Å². The van der Waals surface area contributed by atoms with Crippen LogP contribution in [0.1, 0.15) is 0 Å². The molecule has 1 aromatic heterocycles. The highest BCUT2D eigenvalue weighted by atomic mass is 19.1. The standard InChI is InChI=1S/C17H13FN4O2/c18-12-5-4-6-13(9-12)21-16(23)22-14-10-19-17(20-11-14)24-15-7-2-1-3-8-15/h1-11H,(H2,21,22,23). The van der Waals surface area contributed by atoms with E-state index in [4.69, 9.17) is 4.74 Å². The molecule has 0 aliphatic rings. The fourth-order valence-electron chi connectivity index (χ4n) is 1.89. The highest BCUT2D eigenvalue weighted by Gasteiger charge is 2.05. The second-order valence-corrected chi connectivity index (χ2v) is 4.76. The van der Waals surface area contributed by atoms with Crippen LogP contribution in [0.25, 0.3) is 0 Å². The Morgan fingerprint density at radius 2 is 1.62 bits per heavy atom. The van der Waals surface area contributed by atoms with E-state index in [2.05, 4.69) is 20.6 Å². The smallest absolute Gasteiger partial charge is 0.323 e. The number of carbonyl (C=O) groups is 1. The number of carbonyl (C=O) groups excluding carboxylic acids is 1. The molecule has 6 nitrogen and oxygen atoms in total. The van der Waals surface area contributed by atoms with E-state index in [9.17, 15) is 9.18 Å². The number of ether oxygens (including phenoxy) is 1. The zero-order valence-corrected chi connectivity index (χ0v) is 12.4. The molecule has 2 N–H and O–H groups in total. The van der Waals surface area contributed by atoms with E-state index >= 15 is 0 Å². The minimum atomic E-state index is -0.527. The first-order chi connectivity index (χ1) is 11.7. The maximum Gasteiger partial charge on any atom is 0.323 e. The van der Waals surface area contributed by atoms with Crippen LogP contribution in [0, 0.1) is 5.82 Å². The lowest BCUT2D eigenvalue weighted by Gasteiger charge is -2.08. The van der Waals surface area contributed by atoms with E-state index in [-0.39, 0.29) is 6.01 Å². The summed E-state index contributed by atoms with van der Waals surface area (Å²) in [5, 5.41) is 5.06. The summed E-state index contributed by atoms with van der Waals surface area (Å²) in [5.41, 5.74) is 0.724. The lowest BCUT2D eigenvalue weighted by molar-refractivity contribution is 0.262. The molecule has 2 amide bonds. The number of aromatic nitrogens is 2. The topological polar surface area (TPSA) is 76.1 Å². The van der Waals surface area contributed by atoms with Crippen LogP contribution < -0.4 is 15.4 Å². The molecule has 1 heterocycles. The zero-order valence-electron chi connectivity index (χ0n) is 12.4. The average molecular weight is 324 g/mol. The molecule has 3 rings (SSSR count). The second kappa shape index (κ2) is 7.19. The number of benzene rings is 2. The Kier molecular flexibility index (Phi) is 4.62. The van der Waals surface area contributed by atoms with Crippen LogP contribution in [0.2, 0.25) is 0 Å². The minimum absolute atomic E-state index is 0.164. The zero-order chi connectivity index (χ0) is 16.8. The van der Waals surface area contributed by atoms with Crippen LogP contribution in [0.4, 0.5) is 20.6 Å². The number of nitrogens with zero attached hydrogens (tertiary/aromatic N) is 2. The molecule has 0 saturated heterocycles. The third-order valence-electron chi connectivity index (χ3n) is 2.92. The van der Waals surface area contributed by atoms with Gasteiger partial charge in [0.05, 0.1) is 18.1 Å². The Bertz CT molecular complexity index is 826. The van der Waals surface area contributed by atoms with E-state index in [1.54, 1.807) is 18.2 Å². The normalized spacial score (nSPS) is 10.0. The van der Waals surface area contributed by atoms with Gasteiger partial charge in [-0.3, -0.25) is 0 Å². The van der Waals surface area contributed by atoms with Crippen molar-refractivity contribution in [1.82, 2.24) is 9.97 Å². The van der Waals surface area contributed by atoms with E-state index in [0.29, 0.717) is 17.1 Å². The fourth-order valence-corrected chi connectivity index (χ4v) is 1.89. The third kappa shape index (κ3) is 4.26. The Labute approximate surface area is 137 Å². The van der Waals surface area contributed by atoms with Crippen LogP contribution in [0.3, 0.4) is 0 Å². The van der Waals surface area contributed by atoms with Crippen LogP contribution >= 0.6 is 0 Å². The number of rotatable bonds is 4. The minimum Gasteiger partial charge on any atom is -0.424 e. The monoisotopic (exact) mass is 324 g/mol. The molecule has 0 spiro atoms. The third-order valence-corrected chi connectivity index (χ3v) is 2.92. The highest BCUT2D eigenvalue weighted by Crippen LogP contribution is 2.17. The van der Waals surface area contributed by atoms with E-state index < -0.39 is 11.8 Å². The number of anilines is 2. The predicted molar refractivity (Wildman–Crippen MR) is 87.6 cm³/mol. The molecule has 24 heavy (non-hydrogen) atoms. The van der Waals surface area contributed by atoms with Crippen LogP contribution in [-0.2, 0) is 0 Å². The summed E-state index contributed by atoms with van der Waals surface area (Å²) in [6.07, 6.45) is 2.83. The molecule has 2 aromatic carbocycles. The number of hydrogen-bond acceptors (Lipinski definition) is 4. The van der Waals surface area contributed by atoms with Crippen molar-refractivity contribution in [2.75, 3.05) is 10.6 Å². The maximum absolute atomic E-state index is 13.1. The highest BCUT2D eigenvalue weighted by molar-refractivity contribution is 5.99. The van der Waals surface area contributed by atoms with Crippen molar-refractivity contribution < 1.29 is 13.9 Å². The first kappa shape index (κ1) is 15.4. The van der Waals surface area contributed by atoms with Crippen molar-refractivity contribution in [3.8, 4) is 11.8 Å². The van der Waals surface area contributed by atoms with Crippen molar-refractivity contribution in [2.45, 2.75) is 0 Å². The average Bonchev–Trinajstić information content (AvgIpc) is 2.57. The van der Waals surface area contributed by atoms with Gasteiger partial charge >= 0.3 is 12.0 Å². The van der Waals surface area contributed by atoms with Gasteiger partial charge in [0.1, 0.15) is 11.6 Å². The number of para-hydroxylation sites is 1. The largest absolute Gasteiger partial charge is 0.424 e. The molecule has 0 atom stereocenters. The van der Waals surface area contributed by atoms with Gasteiger partial charge in [-0.05, 0) is 30.3 Å². The molecule has 0 saturated carbocycles. The quantitative estimate of drug-likeness (QED) is 0.759. The Balaban J connectivity index is 1.58. The number of halogens is 1. The van der Waals surface area contributed by atoms with Gasteiger partial charge in [-0.25, -0.2) is 19.2 Å². The van der Waals surface area contributed by atoms with Gasteiger partial charge in [0, 0.05) is 5.69 Å². The predicted octanol–water partition coefficient (Wildman–Crippen LogP) is 4.05. The summed E-state index contributed by atoms with van der Waals surface area (Å²) in [6.45, 7) is 0. The lowest BCUT2D eigenvalue weighted by atomic mass is 10.3. The Hall–Kier alpha value is -3.48. The van der Waals surface area contributed by atoms with Crippen molar-refractivity contribution in [1.29, 1.82) is 0 Å². The molecule has 0 bridgehead atoms. The molecule has 3 aromatic rings. The first-order valence-corrected chi connectivity index (χ1v) is 7.07. The van der Waals surface area contributed by atoms with Crippen LogP contribution in [0.5, 0.6) is 11.8 Å². The Morgan fingerprint density at radius 3 is 2.33 bits per heavy atom. The molecular weight excluding hydrogens is 311 g/mol. The van der Waals surface area contributed by atoms with Gasteiger partial charge in [-0.1, -0.05) is 24.3 Å². The lowest BCUT2D eigenvalue weighted by Crippen LogP contribution is -2.19. The maximum atomic E-state index is 13.1. The number of urea groups is 1. The fraction of sp³-hybridized carbons (Fsp3) is 0. The summed E-state index contributed by atoms with van der Waals surface area (Å²) < 4.78 is 18.5. The molecular formula is C17H13FN4O2. The summed E-state index contributed by atoms with van der Waals surface area (Å²) in [6, 6.07) is 14.3. The summed E-state index contributed by atoms with van der Waals surface area (Å²) in [5.74, 6) is 0.181. The molecule has 0 radical (unpaired) electrons. The SMILES string of the molecule is O=C(Nc1cnc(Oc2ccccc2)nc1)Nc1cccc(F)c1. The van der Waals surface area contributed by atoms with Gasteiger partial charge in [0.2, 0.25) is 0 Å². The molecule has 0 aliphatic carbocycles. The summed E-state index contributed by atoms with van der Waals surface area (Å²) in [4.78, 5) is 19.9. The van der Waals surface area contributed by atoms with Crippen LogP contribution in [-0.4, -0.2) is 16.0 Å². The van der Waals surface area contributed by atoms with Gasteiger partial charge in [0.25, 0.3) is 0 Å². The Morgan fingerprint density at radius 1 is 0.917 bits per heavy atom. The van der Waals surface area contributed by atoms with E-state index in [1.165, 1.54) is 30.6 Å². The summed E-state index contributed by atoms with van der Waals surface area (Å²) in [7, 11) is 0. The number of nitrogens with one attached hydrogen (secondary N) is 2.